The molecule has 2 atom stereocenters. The molecular weight excluding hydrogens is 444 g/mol. The molecule has 2 aromatic heterocycles. The van der Waals surface area contributed by atoms with Gasteiger partial charge in [0.1, 0.15) is 17.5 Å². The Labute approximate surface area is 204 Å². The summed E-state index contributed by atoms with van der Waals surface area (Å²) in [6, 6.07) is 26.1. The lowest BCUT2D eigenvalue weighted by Crippen LogP contribution is -2.30. The second-order valence-corrected chi connectivity index (χ2v) is 8.52. The molecule has 2 aromatic carbocycles. The monoisotopic (exact) mass is 470 g/mol. The molecule has 4 aromatic rings. The zero-order valence-corrected chi connectivity index (χ0v) is 20.1. The maximum absolute atomic E-state index is 5.88. The van der Waals surface area contributed by atoms with Gasteiger partial charge in [-0.3, -0.25) is 4.98 Å². The maximum Gasteiger partial charge on any atom is 0.174 e. The van der Waals surface area contributed by atoms with Gasteiger partial charge >= 0.3 is 0 Å². The predicted octanol–water partition coefficient (Wildman–Crippen LogP) is 5.38. The number of rotatable bonds is 6. The fourth-order valence-corrected chi connectivity index (χ4v) is 4.91. The number of anilines is 1. The van der Waals surface area contributed by atoms with Gasteiger partial charge in [0, 0.05) is 35.0 Å². The first-order valence-corrected chi connectivity index (χ1v) is 11.5. The normalized spacial score (nSPS) is 17.5. The van der Waals surface area contributed by atoms with Crippen LogP contribution in [0.15, 0.2) is 85.1 Å². The van der Waals surface area contributed by atoms with Gasteiger partial charge in [0.05, 0.1) is 26.0 Å². The predicted molar refractivity (Wildman–Crippen MR) is 138 cm³/mol. The van der Waals surface area contributed by atoms with Crippen LogP contribution in [-0.4, -0.2) is 28.9 Å². The molecule has 0 saturated carbocycles. The van der Waals surface area contributed by atoms with Crippen LogP contribution >= 0.6 is 12.2 Å². The van der Waals surface area contributed by atoms with Crippen molar-refractivity contribution < 1.29 is 9.47 Å². The van der Waals surface area contributed by atoms with Crippen molar-refractivity contribution in [1.82, 2.24) is 14.9 Å². The number of aromatic nitrogens is 2. The Kier molecular flexibility index (Phi) is 5.94. The number of aryl methyl sites for hydroxylation is 1. The summed E-state index contributed by atoms with van der Waals surface area (Å²) in [5.74, 6) is 1.60. The summed E-state index contributed by atoms with van der Waals surface area (Å²) in [6.45, 7) is 2.11. The van der Waals surface area contributed by atoms with Gasteiger partial charge in [0.15, 0.2) is 5.11 Å². The van der Waals surface area contributed by atoms with E-state index in [1.807, 2.05) is 54.7 Å². The number of nitrogens with zero attached hydrogens (tertiary/aromatic N) is 3. The van der Waals surface area contributed by atoms with Gasteiger partial charge in [0.2, 0.25) is 0 Å². The Morgan fingerprint density at radius 1 is 0.853 bits per heavy atom. The number of hydrogen-bond donors (Lipinski definition) is 1. The molecule has 0 spiro atoms. The van der Waals surface area contributed by atoms with Crippen molar-refractivity contribution in [2.24, 2.45) is 0 Å². The number of ether oxygens (including phenoxy) is 2. The van der Waals surface area contributed by atoms with Crippen LogP contribution in [0.3, 0.4) is 0 Å². The van der Waals surface area contributed by atoms with Crippen LogP contribution in [-0.2, 0) is 0 Å². The quantitative estimate of drug-likeness (QED) is 0.382. The summed E-state index contributed by atoms with van der Waals surface area (Å²) in [7, 11) is 3.35. The molecule has 1 N–H and O–H groups in total. The van der Waals surface area contributed by atoms with E-state index in [4.69, 9.17) is 21.7 Å². The van der Waals surface area contributed by atoms with Gasteiger partial charge in [-0.05, 0) is 79.8 Å². The minimum Gasteiger partial charge on any atom is -0.497 e. The molecule has 0 bridgehead atoms. The van der Waals surface area contributed by atoms with E-state index in [1.165, 1.54) is 0 Å². The number of benzene rings is 2. The summed E-state index contributed by atoms with van der Waals surface area (Å²) < 4.78 is 13.1. The van der Waals surface area contributed by atoms with E-state index in [2.05, 4.69) is 57.0 Å². The van der Waals surface area contributed by atoms with Crippen molar-refractivity contribution in [1.29, 1.82) is 0 Å². The van der Waals surface area contributed by atoms with E-state index in [1.54, 1.807) is 14.2 Å². The molecule has 5 rings (SSSR count). The molecule has 1 saturated heterocycles. The Bertz CT molecular complexity index is 1300. The molecule has 34 heavy (non-hydrogen) atoms. The molecule has 3 heterocycles. The molecule has 172 valence electrons. The van der Waals surface area contributed by atoms with Crippen LogP contribution in [0.2, 0.25) is 0 Å². The summed E-state index contributed by atoms with van der Waals surface area (Å²) in [5.41, 5.74) is 5.18. The fourth-order valence-electron chi connectivity index (χ4n) is 4.57. The molecule has 0 radical (unpaired) electrons. The Balaban J connectivity index is 1.68. The van der Waals surface area contributed by atoms with Crippen LogP contribution in [0, 0.1) is 6.92 Å². The van der Waals surface area contributed by atoms with Crippen LogP contribution < -0.4 is 19.7 Å². The SMILES string of the molecule is COc1ccc(-n2c(C)ccc2C2C(c3ccccn3)NC(=S)N2c2cccc(OC)c2)cc1. The molecule has 1 aliphatic heterocycles. The molecule has 0 amide bonds. The van der Waals surface area contributed by atoms with Crippen LogP contribution in [0.25, 0.3) is 5.69 Å². The highest BCUT2D eigenvalue weighted by atomic mass is 32.1. The Hall–Kier alpha value is -3.84. The summed E-state index contributed by atoms with van der Waals surface area (Å²) in [4.78, 5) is 6.82. The van der Waals surface area contributed by atoms with Gasteiger partial charge < -0.3 is 24.3 Å². The van der Waals surface area contributed by atoms with E-state index in [9.17, 15) is 0 Å². The highest BCUT2D eigenvalue weighted by Crippen LogP contribution is 2.43. The lowest BCUT2D eigenvalue weighted by molar-refractivity contribution is 0.414. The average Bonchev–Trinajstić information content (AvgIpc) is 3.43. The summed E-state index contributed by atoms with van der Waals surface area (Å²) in [6.07, 6.45) is 1.82. The number of pyridine rings is 1. The van der Waals surface area contributed by atoms with Crippen molar-refractivity contribution in [2.45, 2.75) is 19.0 Å². The van der Waals surface area contributed by atoms with Crippen molar-refractivity contribution in [3.8, 4) is 17.2 Å². The molecule has 1 aliphatic rings. The van der Waals surface area contributed by atoms with E-state index < -0.39 is 0 Å². The van der Waals surface area contributed by atoms with Crippen molar-refractivity contribution in [3.63, 3.8) is 0 Å². The highest BCUT2D eigenvalue weighted by molar-refractivity contribution is 7.80. The molecule has 7 heteroatoms. The number of thiocarbonyl (C=S) groups is 1. The zero-order chi connectivity index (χ0) is 23.7. The summed E-state index contributed by atoms with van der Waals surface area (Å²) in [5, 5.41) is 4.18. The van der Waals surface area contributed by atoms with Crippen molar-refractivity contribution in [3.05, 3.63) is 102 Å². The first-order chi connectivity index (χ1) is 16.6. The molecule has 6 nitrogen and oxygen atoms in total. The highest BCUT2D eigenvalue weighted by Gasteiger charge is 2.42. The zero-order valence-electron chi connectivity index (χ0n) is 19.3. The van der Waals surface area contributed by atoms with Crippen LogP contribution in [0.1, 0.15) is 29.2 Å². The first kappa shape index (κ1) is 22.0. The smallest absolute Gasteiger partial charge is 0.174 e. The topological polar surface area (TPSA) is 51.5 Å². The van der Waals surface area contributed by atoms with E-state index in [0.29, 0.717) is 5.11 Å². The second kappa shape index (κ2) is 9.19. The molecule has 0 aliphatic carbocycles. The van der Waals surface area contributed by atoms with Crippen LogP contribution in [0.4, 0.5) is 5.69 Å². The fraction of sp³-hybridized carbons (Fsp3) is 0.185. The van der Waals surface area contributed by atoms with E-state index in [-0.39, 0.29) is 12.1 Å². The standard InChI is InChI=1S/C27H26N4O2S/c1-18-10-15-24(30(18)19-11-13-21(32-2)14-12-19)26-25(23-9-4-5-16-28-23)29-27(34)31(26)20-7-6-8-22(17-20)33-3/h4-17,25-26H,1-3H3,(H,29,34). The number of hydrogen-bond acceptors (Lipinski definition) is 4. The van der Waals surface area contributed by atoms with Gasteiger partial charge in [-0.15, -0.1) is 0 Å². The van der Waals surface area contributed by atoms with Crippen LogP contribution in [0.5, 0.6) is 11.5 Å². The van der Waals surface area contributed by atoms with Gasteiger partial charge in [-0.25, -0.2) is 0 Å². The third-order valence-electron chi connectivity index (χ3n) is 6.17. The third-order valence-corrected chi connectivity index (χ3v) is 6.48. The lowest BCUT2D eigenvalue weighted by Gasteiger charge is -2.29. The van der Waals surface area contributed by atoms with Crippen molar-refractivity contribution in [2.75, 3.05) is 19.1 Å². The maximum atomic E-state index is 5.88. The van der Waals surface area contributed by atoms with E-state index >= 15 is 0 Å². The largest absolute Gasteiger partial charge is 0.497 e. The minimum atomic E-state index is -0.134. The van der Waals surface area contributed by atoms with Gasteiger partial charge in [-0.2, -0.15) is 0 Å². The molecular formula is C27H26N4O2S. The lowest BCUT2D eigenvalue weighted by atomic mass is 10.0. The minimum absolute atomic E-state index is 0.133. The third kappa shape index (κ3) is 3.88. The van der Waals surface area contributed by atoms with Gasteiger partial charge in [-0.1, -0.05) is 12.1 Å². The number of methoxy groups -OCH3 is 2. The van der Waals surface area contributed by atoms with Gasteiger partial charge in [0.25, 0.3) is 0 Å². The molecule has 2 unspecified atom stereocenters. The number of nitrogens with one attached hydrogen (secondary N) is 1. The molecule has 1 fully saturated rings. The average molecular weight is 471 g/mol. The Morgan fingerprint density at radius 2 is 1.65 bits per heavy atom. The van der Waals surface area contributed by atoms with E-state index in [0.717, 1.165) is 40.0 Å². The second-order valence-electron chi connectivity index (χ2n) is 8.13. The van der Waals surface area contributed by atoms with Crippen molar-refractivity contribution >= 4 is 23.0 Å². The first-order valence-electron chi connectivity index (χ1n) is 11.1. The summed E-state index contributed by atoms with van der Waals surface area (Å²) >= 11 is 5.88. The Morgan fingerprint density at radius 3 is 2.35 bits per heavy atom.